The summed E-state index contributed by atoms with van der Waals surface area (Å²) in [6.45, 7) is 6.67. The molecule has 0 saturated heterocycles. The van der Waals surface area contributed by atoms with E-state index in [1.165, 1.54) is 27.1 Å². The third-order valence-electron chi connectivity index (χ3n) is 6.37. The van der Waals surface area contributed by atoms with Crippen LogP contribution in [0.2, 0.25) is 0 Å². The minimum atomic E-state index is -2.44. The van der Waals surface area contributed by atoms with Gasteiger partial charge in [0.2, 0.25) is 0 Å². The molecule has 0 aliphatic carbocycles. The quantitative estimate of drug-likeness (QED) is 0.170. The molecule has 0 unspecified atom stereocenters. The maximum atomic E-state index is 6.24. The Morgan fingerprint density at radius 1 is 0.579 bits per heavy atom. The molecule has 192 valence electrons. The number of hydrogen-bond acceptors (Lipinski definition) is 0. The van der Waals surface area contributed by atoms with Gasteiger partial charge in [-0.25, -0.2) is 12.1 Å². The van der Waals surface area contributed by atoms with Crippen LogP contribution in [0, 0.1) is 0 Å². The van der Waals surface area contributed by atoms with Crippen LogP contribution in [-0.4, -0.2) is 3.21 Å². The molecule has 38 heavy (non-hydrogen) atoms. The molecular formula is C35H32Cl2Zr-2. The molecule has 0 aromatic heterocycles. The molecule has 6 rings (SSSR count). The van der Waals surface area contributed by atoms with Crippen LogP contribution in [0.5, 0.6) is 0 Å². The van der Waals surface area contributed by atoms with Crippen molar-refractivity contribution in [3.63, 3.8) is 0 Å². The normalized spacial score (nSPS) is 10.8. The molecule has 0 nitrogen and oxygen atoms in total. The van der Waals surface area contributed by atoms with Gasteiger partial charge < -0.3 is 0 Å². The van der Waals surface area contributed by atoms with Crippen LogP contribution in [0.3, 0.4) is 0 Å². The summed E-state index contributed by atoms with van der Waals surface area (Å²) >= 11 is -2.44. The summed E-state index contributed by atoms with van der Waals surface area (Å²) in [4.78, 5) is 0. The first-order valence-corrected chi connectivity index (χ1v) is 20.3. The van der Waals surface area contributed by atoms with Gasteiger partial charge in [0, 0.05) is 0 Å². The summed E-state index contributed by atoms with van der Waals surface area (Å²) in [5, 5.41) is 5.39. The molecule has 0 aliphatic heterocycles. The van der Waals surface area contributed by atoms with E-state index in [1.54, 1.807) is 0 Å². The first kappa shape index (κ1) is 28.4. The summed E-state index contributed by atoms with van der Waals surface area (Å²) in [6.07, 6.45) is 0. The molecule has 0 fully saturated rings. The second-order valence-electron chi connectivity index (χ2n) is 10.1. The Balaban J connectivity index is 0.000000138. The fourth-order valence-corrected chi connectivity index (χ4v) is 8.85. The van der Waals surface area contributed by atoms with Gasteiger partial charge in [-0.05, 0) is 0 Å². The van der Waals surface area contributed by atoms with Gasteiger partial charge in [0.15, 0.2) is 0 Å². The van der Waals surface area contributed by atoms with Gasteiger partial charge in [-0.2, -0.15) is 17.7 Å². The molecule has 6 aromatic carbocycles. The molecule has 0 aliphatic rings. The summed E-state index contributed by atoms with van der Waals surface area (Å²) < 4.78 is 1.15. The van der Waals surface area contributed by atoms with Crippen molar-refractivity contribution in [3.8, 4) is 0 Å². The minimum absolute atomic E-state index is 0.323. The fourth-order valence-electron chi connectivity index (χ4n) is 4.37. The van der Waals surface area contributed by atoms with Crippen molar-refractivity contribution in [2.24, 2.45) is 0 Å². The van der Waals surface area contributed by atoms with Crippen molar-refractivity contribution in [1.29, 1.82) is 0 Å². The summed E-state index contributed by atoms with van der Waals surface area (Å²) in [5.41, 5.74) is 4.03. The third kappa shape index (κ3) is 7.51. The number of hydrogen-bond donors (Lipinski definition) is 0. The molecule has 0 saturated carbocycles. The number of benzene rings is 4. The van der Waals surface area contributed by atoms with Gasteiger partial charge in [-0.1, -0.05) is 62.6 Å². The summed E-state index contributed by atoms with van der Waals surface area (Å²) in [5.74, 6) is 0. The van der Waals surface area contributed by atoms with E-state index in [2.05, 4.69) is 124 Å². The van der Waals surface area contributed by atoms with Crippen molar-refractivity contribution in [1.82, 2.24) is 0 Å². The van der Waals surface area contributed by atoms with E-state index in [0.717, 1.165) is 14.3 Å². The van der Waals surface area contributed by atoms with Crippen molar-refractivity contribution in [2.75, 3.05) is 0 Å². The fraction of sp³-hybridized carbons (Fsp3) is 0.114. The number of rotatable bonds is 2. The second kappa shape index (κ2) is 13.5. The zero-order valence-corrected chi connectivity index (χ0v) is 26.0. The molecule has 0 amide bonds. The van der Waals surface area contributed by atoms with E-state index in [1.807, 2.05) is 36.4 Å². The topological polar surface area (TPSA) is 0 Å². The van der Waals surface area contributed by atoms with E-state index >= 15 is 0 Å². The average molecular weight is 615 g/mol. The first-order chi connectivity index (χ1) is 18.3. The Kier molecular flexibility index (Phi) is 10.1. The predicted octanol–water partition coefficient (Wildman–Crippen LogP) is 10.6. The van der Waals surface area contributed by atoms with E-state index in [0.29, 0.717) is 5.41 Å². The molecule has 0 N–H and O–H groups in total. The zero-order valence-electron chi connectivity index (χ0n) is 22.0. The van der Waals surface area contributed by atoms with Gasteiger partial charge in [0.25, 0.3) is 0 Å². The third-order valence-corrected chi connectivity index (χ3v) is 10.9. The van der Waals surface area contributed by atoms with Gasteiger partial charge >= 0.3 is 111 Å². The van der Waals surface area contributed by atoms with Crippen LogP contribution < -0.4 is 0 Å². The van der Waals surface area contributed by atoms with E-state index < -0.39 is 18.9 Å². The largest absolute Gasteiger partial charge is 0.126 e. The Morgan fingerprint density at radius 2 is 0.974 bits per heavy atom. The van der Waals surface area contributed by atoms with Crippen LogP contribution in [-0.2, 0) is 24.3 Å². The van der Waals surface area contributed by atoms with Crippen LogP contribution >= 0.6 is 17.0 Å². The molecule has 6 aromatic rings. The summed E-state index contributed by atoms with van der Waals surface area (Å²) in [7, 11) is 12.5. The molecule has 0 bridgehead atoms. The van der Waals surface area contributed by atoms with Crippen LogP contribution in [0.4, 0.5) is 0 Å². The van der Waals surface area contributed by atoms with Crippen LogP contribution in [0.15, 0.2) is 140 Å². The summed E-state index contributed by atoms with van der Waals surface area (Å²) in [6, 6.07) is 48.1. The molecule has 0 radical (unpaired) electrons. The Hall–Kier alpha value is -2.57. The smallest absolute Gasteiger partial charge is 0.0771 e. The van der Waals surface area contributed by atoms with Gasteiger partial charge in [0.1, 0.15) is 0 Å². The Labute approximate surface area is 241 Å². The first-order valence-electron chi connectivity index (χ1n) is 12.8. The standard InChI is InChI=1S/C13H9.C13H10.C9H13.2ClH.Zr/c1-3-7-12-10(5-1)9-11-6-2-4-8-13(11)12;1-3-7-12(8-4-1)11-13-9-5-2-6-10-13;1-9(2,3)8-6-4-5-7-8;;;/h1-9H;1-10H;4-7H,1-3H3;2*1H;/q-1;;-1;;;+2/p-2. The van der Waals surface area contributed by atoms with Crippen molar-refractivity contribution >= 4 is 41.8 Å². The van der Waals surface area contributed by atoms with Crippen LogP contribution in [0.1, 0.15) is 37.5 Å². The molecule has 0 heterocycles. The minimum Gasteiger partial charge on any atom is -0.126 e. The van der Waals surface area contributed by atoms with Crippen molar-refractivity contribution in [3.05, 3.63) is 156 Å². The van der Waals surface area contributed by atoms with E-state index in [9.17, 15) is 0 Å². The maximum Gasteiger partial charge on any atom is -0.0771 e. The molecule has 0 spiro atoms. The van der Waals surface area contributed by atoms with Crippen molar-refractivity contribution < 1.29 is 18.9 Å². The van der Waals surface area contributed by atoms with E-state index in [4.69, 9.17) is 17.0 Å². The number of halogens is 2. The van der Waals surface area contributed by atoms with Crippen molar-refractivity contribution in [2.45, 2.75) is 26.2 Å². The maximum absolute atomic E-state index is 6.24. The predicted molar refractivity (Wildman–Crippen MR) is 166 cm³/mol. The van der Waals surface area contributed by atoms with Gasteiger partial charge in [-0.3, -0.25) is 0 Å². The Bertz CT molecular complexity index is 1490. The number of fused-ring (bicyclic) bond motifs is 3. The monoisotopic (exact) mass is 612 g/mol. The SMILES string of the molecule is CC(C)(C)[c-]1cccc1.[Cl][Zr]([Cl])=[C](c1ccccc1)c1ccccc1.c1ccc2c(c1)[cH-]c1ccccc12. The second-order valence-corrected chi connectivity index (χ2v) is 18.2. The zero-order chi connectivity index (χ0) is 27.0. The van der Waals surface area contributed by atoms with Gasteiger partial charge in [-0.15, -0.1) is 39.7 Å². The van der Waals surface area contributed by atoms with E-state index in [-0.39, 0.29) is 0 Å². The Morgan fingerprint density at radius 3 is 1.34 bits per heavy atom. The van der Waals surface area contributed by atoms with Crippen LogP contribution in [0.25, 0.3) is 21.5 Å². The molecule has 0 atom stereocenters. The average Bonchev–Trinajstić information content (AvgIpc) is 3.60. The molecular weight excluding hydrogens is 583 g/mol. The van der Waals surface area contributed by atoms with Gasteiger partial charge in [0.05, 0.1) is 0 Å². The molecule has 3 heteroatoms.